The van der Waals surface area contributed by atoms with Crippen molar-refractivity contribution in [1.29, 1.82) is 0 Å². The molecule has 2 fully saturated rings. The zero-order chi connectivity index (χ0) is 22.9. The summed E-state index contributed by atoms with van der Waals surface area (Å²) in [5, 5.41) is 6.22. The van der Waals surface area contributed by atoms with Gasteiger partial charge in [0.2, 0.25) is 0 Å². The predicted molar refractivity (Wildman–Crippen MR) is 122 cm³/mol. The number of ether oxygens (including phenoxy) is 3. The molecule has 0 unspecified atom stereocenters. The highest BCUT2D eigenvalue weighted by molar-refractivity contribution is 7.13. The van der Waals surface area contributed by atoms with Gasteiger partial charge >= 0.3 is 11.9 Å². The molecule has 32 heavy (non-hydrogen) atoms. The quantitative estimate of drug-likeness (QED) is 0.322. The molecule has 4 rings (SSSR count). The lowest BCUT2D eigenvalue weighted by Crippen LogP contribution is -2.32. The Morgan fingerprint density at radius 2 is 2.09 bits per heavy atom. The fraction of sp³-hybridized carbons (Fsp3) is 0.522. The Hall–Kier alpha value is -2.16. The maximum atomic E-state index is 12.9. The highest BCUT2D eigenvalue weighted by Crippen LogP contribution is 2.52. The van der Waals surface area contributed by atoms with Gasteiger partial charge in [-0.1, -0.05) is 37.6 Å². The van der Waals surface area contributed by atoms with Gasteiger partial charge in [0, 0.05) is 24.8 Å². The second kappa shape index (κ2) is 9.00. The summed E-state index contributed by atoms with van der Waals surface area (Å²) < 4.78 is 16.9. The summed E-state index contributed by atoms with van der Waals surface area (Å²) in [4.78, 5) is 30.2. The molecule has 0 saturated carbocycles. The van der Waals surface area contributed by atoms with Crippen LogP contribution in [0, 0.1) is 11.3 Å². The molecule has 1 aromatic heterocycles. The number of aromatic nitrogens is 1. The number of nitrogens with zero attached hydrogens (tertiary/aromatic N) is 1. The normalized spacial score (nSPS) is 27.2. The number of hydrogen-bond donors (Lipinski definition) is 1. The van der Waals surface area contributed by atoms with Gasteiger partial charge in [0.05, 0.1) is 23.0 Å². The minimum absolute atomic E-state index is 0.190. The molecule has 0 aliphatic carbocycles. The van der Waals surface area contributed by atoms with Crippen LogP contribution < -0.4 is 5.32 Å². The molecule has 9 heteroatoms. The van der Waals surface area contributed by atoms with E-state index in [2.05, 4.69) is 24.1 Å². The first kappa shape index (κ1) is 23.0. The number of para-hydroxylation sites is 1. The summed E-state index contributed by atoms with van der Waals surface area (Å²) in [5.74, 6) is -0.551. The second-order valence-corrected chi connectivity index (χ2v) is 10.3. The zero-order valence-corrected chi connectivity index (χ0v) is 19.9. The van der Waals surface area contributed by atoms with Gasteiger partial charge in [-0.25, -0.2) is 4.98 Å². The van der Waals surface area contributed by atoms with Crippen LogP contribution in [-0.4, -0.2) is 36.2 Å². The summed E-state index contributed by atoms with van der Waals surface area (Å²) in [7, 11) is 0. The number of thiazole rings is 1. The molecule has 3 heterocycles. The van der Waals surface area contributed by atoms with E-state index in [1.54, 1.807) is 13.0 Å². The SMILES string of the molecule is CC(C)CCOC[C@@H]1C[C@]2(C[C@](C)(c3csc(Nc4ccccc4Cl)n3)OC2=O)C(=O)O1. The van der Waals surface area contributed by atoms with Crippen LogP contribution in [0.5, 0.6) is 0 Å². The van der Waals surface area contributed by atoms with Crippen LogP contribution in [0.3, 0.4) is 0 Å². The Labute approximate surface area is 196 Å². The molecule has 2 aromatic rings. The Morgan fingerprint density at radius 3 is 2.84 bits per heavy atom. The number of esters is 2. The number of carbonyl (C=O) groups is 2. The van der Waals surface area contributed by atoms with E-state index in [9.17, 15) is 9.59 Å². The number of benzene rings is 1. The third-order valence-electron chi connectivity index (χ3n) is 5.89. The number of hydrogen-bond acceptors (Lipinski definition) is 8. The summed E-state index contributed by atoms with van der Waals surface area (Å²) in [6.45, 7) is 6.91. The topological polar surface area (TPSA) is 86.8 Å². The van der Waals surface area contributed by atoms with Gasteiger partial charge in [0.1, 0.15) is 6.10 Å². The molecule has 1 aromatic carbocycles. The summed E-state index contributed by atoms with van der Waals surface area (Å²) in [6.07, 6.45) is 0.935. The average molecular weight is 479 g/mol. The molecular weight excluding hydrogens is 452 g/mol. The van der Waals surface area contributed by atoms with Crippen LogP contribution >= 0.6 is 22.9 Å². The summed E-state index contributed by atoms with van der Waals surface area (Å²) >= 11 is 7.59. The maximum Gasteiger partial charge on any atom is 0.324 e. The summed E-state index contributed by atoms with van der Waals surface area (Å²) in [5.41, 5.74) is -0.993. The highest BCUT2D eigenvalue weighted by atomic mass is 35.5. The third kappa shape index (κ3) is 4.49. The van der Waals surface area contributed by atoms with Crippen molar-refractivity contribution in [1.82, 2.24) is 4.98 Å². The molecule has 0 bridgehead atoms. The van der Waals surface area contributed by atoms with Crippen molar-refractivity contribution in [2.24, 2.45) is 11.3 Å². The van der Waals surface area contributed by atoms with Crippen molar-refractivity contribution in [3.05, 3.63) is 40.4 Å². The van der Waals surface area contributed by atoms with Gasteiger partial charge in [-0.3, -0.25) is 9.59 Å². The average Bonchev–Trinajstić information content (AvgIpc) is 3.39. The minimum atomic E-state index is -1.30. The first-order valence-corrected chi connectivity index (χ1v) is 12.0. The Bertz CT molecular complexity index is 1010. The minimum Gasteiger partial charge on any atom is -0.459 e. The third-order valence-corrected chi connectivity index (χ3v) is 6.98. The molecule has 172 valence electrons. The molecule has 2 aliphatic rings. The van der Waals surface area contributed by atoms with Crippen LogP contribution in [-0.2, 0) is 29.4 Å². The van der Waals surface area contributed by atoms with Gasteiger partial charge < -0.3 is 19.5 Å². The number of halogens is 1. The first-order chi connectivity index (χ1) is 15.2. The smallest absolute Gasteiger partial charge is 0.324 e. The fourth-order valence-corrected chi connectivity index (χ4v) is 5.12. The van der Waals surface area contributed by atoms with E-state index in [0.29, 0.717) is 28.4 Å². The first-order valence-electron chi connectivity index (χ1n) is 10.7. The summed E-state index contributed by atoms with van der Waals surface area (Å²) in [6, 6.07) is 7.37. The molecule has 0 amide bonds. The molecule has 0 radical (unpaired) electrons. The molecular formula is C23H27ClN2O5S. The molecule has 1 spiro atoms. The number of carbonyl (C=O) groups excluding carboxylic acids is 2. The van der Waals surface area contributed by atoms with Gasteiger partial charge in [-0.15, -0.1) is 11.3 Å². The van der Waals surface area contributed by atoms with Crippen molar-refractivity contribution < 1.29 is 23.8 Å². The van der Waals surface area contributed by atoms with Gasteiger partial charge in [-0.2, -0.15) is 0 Å². The van der Waals surface area contributed by atoms with Crippen LogP contribution in [0.1, 0.15) is 45.7 Å². The van der Waals surface area contributed by atoms with Crippen LogP contribution in [0.4, 0.5) is 10.8 Å². The number of cyclic esters (lactones) is 2. The van der Waals surface area contributed by atoms with Crippen molar-refractivity contribution >= 4 is 45.7 Å². The molecule has 2 saturated heterocycles. The van der Waals surface area contributed by atoms with E-state index in [4.69, 9.17) is 25.8 Å². The molecule has 7 nitrogen and oxygen atoms in total. The van der Waals surface area contributed by atoms with Crippen LogP contribution in [0.15, 0.2) is 29.6 Å². The molecule has 1 N–H and O–H groups in total. The van der Waals surface area contributed by atoms with E-state index >= 15 is 0 Å². The van der Waals surface area contributed by atoms with E-state index in [0.717, 1.165) is 12.1 Å². The van der Waals surface area contributed by atoms with Gasteiger partial charge in [0.15, 0.2) is 16.1 Å². The molecule has 2 aliphatic heterocycles. The van der Waals surface area contributed by atoms with Gasteiger partial charge in [-0.05, 0) is 31.4 Å². The van der Waals surface area contributed by atoms with E-state index in [1.165, 1.54) is 11.3 Å². The maximum absolute atomic E-state index is 12.9. The lowest BCUT2D eigenvalue weighted by atomic mass is 9.78. The van der Waals surface area contributed by atoms with Crippen molar-refractivity contribution in [3.63, 3.8) is 0 Å². The lowest BCUT2D eigenvalue weighted by Gasteiger charge is -2.20. The monoisotopic (exact) mass is 478 g/mol. The second-order valence-electron chi connectivity index (χ2n) is 9.01. The largest absolute Gasteiger partial charge is 0.459 e. The lowest BCUT2D eigenvalue weighted by molar-refractivity contribution is -0.160. The standard InChI is InChI=1S/C23H27ClN2O5S/c1-14(2)8-9-29-11-15-10-23(19(27)30-15)13-22(3,31-20(23)28)18-12-32-21(26-18)25-17-7-5-4-6-16(17)24/h4-7,12,14-15H,8-11,13H2,1-3H3,(H,25,26)/t15-,22+,23-/m0/s1. The van der Waals surface area contributed by atoms with E-state index in [1.807, 2.05) is 23.6 Å². The van der Waals surface area contributed by atoms with E-state index in [-0.39, 0.29) is 19.4 Å². The van der Waals surface area contributed by atoms with Crippen LogP contribution in [0.25, 0.3) is 0 Å². The van der Waals surface area contributed by atoms with E-state index < -0.39 is 29.1 Å². The number of nitrogens with one attached hydrogen (secondary N) is 1. The Kier molecular flexibility index (Phi) is 6.47. The van der Waals surface area contributed by atoms with Crippen molar-refractivity contribution in [2.45, 2.75) is 51.7 Å². The number of anilines is 2. The van der Waals surface area contributed by atoms with Gasteiger partial charge in [0.25, 0.3) is 0 Å². The Morgan fingerprint density at radius 1 is 1.31 bits per heavy atom. The van der Waals surface area contributed by atoms with Crippen molar-refractivity contribution in [2.75, 3.05) is 18.5 Å². The Balaban J connectivity index is 1.44. The zero-order valence-electron chi connectivity index (χ0n) is 18.4. The predicted octanol–water partition coefficient (Wildman–Crippen LogP) is 5.07. The number of rotatable bonds is 8. The highest BCUT2D eigenvalue weighted by Gasteiger charge is 2.65. The van der Waals surface area contributed by atoms with Crippen LogP contribution in [0.2, 0.25) is 5.02 Å². The fourth-order valence-electron chi connectivity index (χ4n) is 4.10. The van der Waals surface area contributed by atoms with Crippen molar-refractivity contribution in [3.8, 4) is 0 Å². The molecule has 3 atom stereocenters.